The van der Waals surface area contributed by atoms with E-state index in [-0.39, 0.29) is 0 Å². The van der Waals surface area contributed by atoms with Crippen molar-refractivity contribution in [2.45, 2.75) is 12.8 Å². The summed E-state index contributed by atoms with van der Waals surface area (Å²) < 4.78 is 0. The van der Waals surface area contributed by atoms with Gasteiger partial charge in [0.2, 0.25) is 5.95 Å². The first-order chi connectivity index (χ1) is 6.79. The Hall–Kier alpha value is -1.07. The SMILES string of the molecule is NNc1ncc(Cl)c(NCC2CC2)n1. The van der Waals surface area contributed by atoms with Crippen molar-refractivity contribution in [3.05, 3.63) is 11.2 Å². The zero-order valence-electron chi connectivity index (χ0n) is 7.63. The highest BCUT2D eigenvalue weighted by atomic mass is 35.5. The number of rotatable bonds is 4. The summed E-state index contributed by atoms with van der Waals surface area (Å²) >= 11 is 5.90. The summed E-state index contributed by atoms with van der Waals surface area (Å²) in [5.74, 6) is 6.97. The van der Waals surface area contributed by atoms with E-state index in [1.54, 1.807) is 0 Å². The van der Waals surface area contributed by atoms with Crippen molar-refractivity contribution in [3.63, 3.8) is 0 Å². The van der Waals surface area contributed by atoms with Crippen molar-refractivity contribution in [1.29, 1.82) is 0 Å². The third kappa shape index (κ3) is 2.24. The molecule has 0 atom stereocenters. The van der Waals surface area contributed by atoms with Gasteiger partial charge in [0.05, 0.1) is 6.20 Å². The van der Waals surface area contributed by atoms with Gasteiger partial charge >= 0.3 is 0 Å². The van der Waals surface area contributed by atoms with Gasteiger partial charge in [-0.25, -0.2) is 10.8 Å². The van der Waals surface area contributed by atoms with E-state index < -0.39 is 0 Å². The number of hydrazine groups is 1. The number of hydrogen-bond acceptors (Lipinski definition) is 5. The molecule has 2 rings (SSSR count). The first-order valence-electron chi connectivity index (χ1n) is 4.52. The molecule has 0 aromatic carbocycles. The molecule has 0 unspecified atom stereocenters. The van der Waals surface area contributed by atoms with E-state index in [2.05, 4.69) is 20.7 Å². The molecule has 1 fully saturated rings. The van der Waals surface area contributed by atoms with Crippen molar-refractivity contribution in [2.75, 3.05) is 17.3 Å². The van der Waals surface area contributed by atoms with Gasteiger partial charge in [-0.15, -0.1) is 0 Å². The summed E-state index contributed by atoms with van der Waals surface area (Å²) in [6, 6.07) is 0. The molecular formula is C8H12ClN5. The molecule has 0 saturated heterocycles. The fourth-order valence-electron chi connectivity index (χ4n) is 1.12. The van der Waals surface area contributed by atoms with Crippen molar-refractivity contribution in [2.24, 2.45) is 11.8 Å². The van der Waals surface area contributed by atoms with Crippen LogP contribution < -0.4 is 16.6 Å². The third-order valence-corrected chi connectivity index (χ3v) is 2.40. The smallest absolute Gasteiger partial charge is 0.239 e. The molecule has 1 heterocycles. The van der Waals surface area contributed by atoms with Crippen LogP contribution in [0.5, 0.6) is 0 Å². The van der Waals surface area contributed by atoms with E-state index in [0.29, 0.717) is 16.8 Å². The summed E-state index contributed by atoms with van der Waals surface area (Å²) in [5.41, 5.74) is 2.38. The van der Waals surface area contributed by atoms with Crippen LogP contribution >= 0.6 is 11.6 Å². The first kappa shape index (κ1) is 9.48. The summed E-state index contributed by atoms with van der Waals surface area (Å²) in [7, 11) is 0. The Bertz CT molecular complexity index is 326. The van der Waals surface area contributed by atoms with Crippen molar-refractivity contribution >= 4 is 23.4 Å². The molecule has 76 valence electrons. The van der Waals surface area contributed by atoms with Crippen LogP contribution in [0.4, 0.5) is 11.8 Å². The van der Waals surface area contributed by atoms with E-state index in [1.807, 2.05) is 0 Å². The van der Waals surface area contributed by atoms with Crippen LogP contribution in [-0.2, 0) is 0 Å². The van der Waals surface area contributed by atoms with E-state index >= 15 is 0 Å². The van der Waals surface area contributed by atoms with Crippen LogP contribution in [0.25, 0.3) is 0 Å². The van der Waals surface area contributed by atoms with Gasteiger partial charge < -0.3 is 5.32 Å². The van der Waals surface area contributed by atoms with Gasteiger partial charge in [0, 0.05) is 6.54 Å². The predicted molar refractivity (Wildman–Crippen MR) is 56.1 cm³/mol. The van der Waals surface area contributed by atoms with Crippen LogP contribution in [-0.4, -0.2) is 16.5 Å². The Balaban J connectivity index is 2.04. The molecule has 0 radical (unpaired) electrons. The quantitative estimate of drug-likeness (QED) is 0.518. The van der Waals surface area contributed by atoms with Gasteiger partial charge in [-0.05, 0) is 18.8 Å². The van der Waals surface area contributed by atoms with Gasteiger partial charge in [-0.3, -0.25) is 5.43 Å². The van der Waals surface area contributed by atoms with Gasteiger partial charge in [-0.1, -0.05) is 11.6 Å². The molecule has 0 bridgehead atoms. The lowest BCUT2D eigenvalue weighted by molar-refractivity contribution is 0.881. The van der Waals surface area contributed by atoms with E-state index in [9.17, 15) is 0 Å². The maximum absolute atomic E-state index is 5.90. The second-order valence-electron chi connectivity index (χ2n) is 3.36. The average Bonchev–Trinajstić information content (AvgIpc) is 3.00. The van der Waals surface area contributed by atoms with Gasteiger partial charge in [0.1, 0.15) is 5.02 Å². The topological polar surface area (TPSA) is 75.9 Å². The van der Waals surface area contributed by atoms with Gasteiger partial charge in [0.25, 0.3) is 0 Å². The van der Waals surface area contributed by atoms with Crippen molar-refractivity contribution < 1.29 is 0 Å². The van der Waals surface area contributed by atoms with Crippen molar-refractivity contribution in [1.82, 2.24) is 9.97 Å². The third-order valence-electron chi connectivity index (χ3n) is 2.13. The Kier molecular flexibility index (Phi) is 2.69. The standard InChI is InChI=1S/C8H12ClN5/c9-6-4-12-8(14-10)13-7(6)11-3-5-1-2-5/h4-5H,1-3,10H2,(H2,11,12,13,14). The number of nitrogens with two attached hydrogens (primary N) is 1. The Labute approximate surface area is 87.0 Å². The summed E-state index contributed by atoms with van der Waals surface area (Å²) in [6.07, 6.45) is 4.11. The second kappa shape index (κ2) is 3.98. The molecule has 1 aliphatic carbocycles. The summed E-state index contributed by atoms with van der Waals surface area (Å²) in [6.45, 7) is 0.917. The van der Waals surface area contributed by atoms with Crippen LogP contribution in [0.3, 0.4) is 0 Å². The number of nitrogens with one attached hydrogen (secondary N) is 2. The minimum atomic E-state index is 0.368. The summed E-state index contributed by atoms with van der Waals surface area (Å²) in [5, 5.41) is 3.69. The minimum Gasteiger partial charge on any atom is -0.368 e. The normalized spacial score (nSPS) is 15.3. The maximum atomic E-state index is 5.90. The number of halogens is 1. The van der Waals surface area contributed by atoms with Crippen LogP contribution in [0.15, 0.2) is 6.20 Å². The van der Waals surface area contributed by atoms with Crippen LogP contribution in [0, 0.1) is 5.92 Å². The second-order valence-corrected chi connectivity index (χ2v) is 3.77. The summed E-state index contributed by atoms with van der Waals surface area (Å²) in [4.78, 5) is 7.98. The van der Waals surface area contributed by atoms with Crippen LogP contribution in [0.1, 0.15) is 12.8 Å². The highest BCUT2D eigenvalue weighted by Gasteiger charge is 2.21. The number of anilines is 2. The molecule has 5 nitrogen and oxygen atoms in total. The van der Waals surface area contributed by atoms with Gasteiger partial charge in [-0.2, -0.15) is 4.98 Å². The lowest BCUT2D eigenvalue weighted by Gasteiger charge is -2.07. The maximum Gasteiger partial charge on any atom is 0.239 e. The highest BCUT2D eigenvalue weighted by Crippen LogP contribution is 2.29. The Morgan fingerprint density at radius 1 is 1.57 bits per heavy atom. The molecule has 0 spiro atoms. The molecule has 1 aromatic heterocycles. The number of nitrogen functional groups attached to an aromatic ring is 1. The fourth-order valence-corrected chi connectivity index (χ4v) is 1.28. The average molecular weight is 214 g/mol. The molecular weight excluding hydrogens is 202 g/mol. The van der Waals surface area contributed by atoms with Crippen molar-refractivity contribution in [3.8, 4) is 0 Å². The zero-order chi connectivity index (χ0) is 9.97. The molecule has 6 heteroatoms. The Morgan fingerprint density at radius 3 is 3.00 bits per heavy atom. The van der Waals surface area contributed by atoms with Gasteiger partial charge in [0.15, 0.2) is 5.82 Å². The molecule has 1 aliphatic rings. The fraction of sp³-hybridized carbons (Fsp3) is 0.500. The number of nitrogens with zero attached hydrogens (tertiary/aromatic N) is 2. The molecule has 14 heavy (non-hydrogen) atoms. The molecule has 0 amide bonds. The minimum absolute atomic E-state index is 0.368. The predicted octanol–water partition coefficient (Wildman–Crippen LogP) is 1.24. The largest absolute Gasteiger partial charge is 0.368 e. The molecule has 0 aliphatic heterocycles. The van der Waals surface area contributed by atoms with E-state index in [4.69, 9.17) is 17.4 Å². The molecule has 1 saturated carbocycles. The highest BCUT2D eigenvalue weighted by molar-refractivity contribution is 6.32. The molecule has 4 N–H and O–H groups in total. The van der Waals surface area contributed by atoms with Crippen LogP contribution in [0.2, 0.25) is 5.02 Å². The zero-order valence-corrected chi connectivity index (χ0v) is 8.38. The number of hydrogen-bond donors (Lipinski definition) is 3. The van der Waals surface area contributed by atoms with E-state index in [1.165, 1.54) is 19.0 Å². The monoisotopic (exact) mass is 213 g/mol. The lowest BCUT2D eigenvalue weighted by Crippen LogP contribution is -2.12. The number of aromatic nitrogens is 2. The van der Waals surface area contributed by atoms with E-state index in [0.717, 1.165) is 12.5 Å². The molecule has 1 aromatic rings. The Morgan fingerprint density at radius 2 is 2.36 bits per heavy atom. The first-order valence-corrected chi connectivity index (χ1v) is 4.90. The lowest BCUT2D eigenvalue weighted by atomic mass is 10.4.